The fourth-order valence-corrected chi connectivity index (χ4v) is 3.82. The number of carbonyl (C=O) groups excluding carboxylic acids is 2. The Morgan fingerprint density at radius 2 is 1.89 bits per heavy atom. The van der Waals surface area contributed by atoms with Gasteiger partial charge in [-0.15, -0.1) is 0 Å². The number of nitrogens with zero attached hydrogens (tertiary/aromatic N) is 3. The Kier molecular flexibility index (Phi) is 7.09. The van der Waals surface area contributed by atoms with Crippen molar-refractivity contribution in [2.45, 2.75) is 26.3 Å². The van der Waals surface area contributed by atoms with Gasteiger partial charge in [0.2, 0.25) is 5.91 Å². The Bertz CT molecular complexity index is 681. The monoisotopic (exact) mass is 384 g/mol. The van der Waals surface area contributed by atoms with Gasteiger partial charge in [-0.2, -0.15) is 0 Å². The van der Waals surface area contributed by atoms with Crippen molar-refractivity contribution in [3.63, 3.8) is 0 Å². The van der Waals surface area contributed by atoms with E-state index in [2.05, 4.69) is 34.5 Å². The number of urea groups is 1. The molecule has 2 aliphatic rings. The molecule has 2 saturated heterocycles. The van der Waals surface area contributed by atoms with Crippen molar-refractivity contribution in [3.8, 4) is 0 Å². The third kappa shape index (κ3) is 5.58. The summed E-state index contributed by atoms with van der Waals surface area (Å²) in [7, 11) is 0. The summed E-state index contributed by atoms with van der Waals surface area (Å²) in [5.41, 5.74) is 1.21. The van der Waals surface area contributed by atoms with E-state index in [0.29, 0.717) is 13.0 Å². The molecule has 3 amide bonds. The molecule has 28 heavy (non-hydrogen) atoms. The van der Waals surface area contributed by atoms with Gasteiger partial charge in [0.05, 0.1) is 0 Å². The van der Waals surface area contributed by atoms with E-state index in [4.69, 9.17) is 0 Å². The first-order valence-corrected chi connectivity index (χ1v) is 10.3. The first-order valence-electron chi connectivity index (χ1n) is 10.3. The molecule has 0 saturated carbocycles. The van der Waals surface area contributed by atoms with Crippen LogP contribution in [0.4, 0.5) is 4.79 Å². The summed E-state index contributed by atoms with van der Waals surface area (Å²) in [4.78, 5) is 30.6. The molecule has 0 aliphatic carbocycles. The van der Waals surface area contributed by atoms with Crippen LogP contribution in [-0.2, 0) is 4.79 Å². The zero-order chi connectivity index (χ0) is 19.9. The van der Waals surface area contributed by atoms with E-state index < -0.39 is 0 Å². The summed E-state index contributed by atoms with van der Waals surface area (Å²) in [6.07, 6.45) is 4.87. The van der Waals surface area contributed by atoms with Gasteiger partial charge in [0.1, 0.15) is 0 Å². The SMILES string of the molecule is CC(C)N1C[C@@H](CNC(=O)N2CCN(C/C=C/c3ccccc3)CC2)CC1=O. The van der Waals surface area contributed by atoms with Crippen molar-refractivity contribution in [1.29, 1.82) is 0 Å². The largest absolute Gasteiger partial charge is 0.340 e. The number of likely N-dealkylation sites (tertiary alicyclic amines) is 1. The molecule has 1 N–H and O–H groups in total. The van der Waals surface area contributed by atoms with Crippen LogP contribution in [0.3, 0.4) is 0 Å². The van der Waals surface area contributed by atoms with Crippen molar-refractivity contribution in [3.05, 3.63) is 42.0 Å². The second kappa shape index (κ2) is 9.73. The molecular formula is C22H32N4O2. The molecule has 1 aromatic carbocycles. The van der Waals surface area contributed by atoms with Gasteiger partial charge in [-0.05, 0) is 19.4 Å². The van der Waals surface area contributed by atoms with Gasteiger partial charge in [-0.1, -0.05) is 42.5 Å². The summed E-state index contributed by atoms with van der Waals surface area (Å²) in [6.45, 7) is 9.55. The molecular weight excluding hydrogens is 352 g/mol. The molecule has 0 unspecified atom stereocenters. The molecule has 2 heterocycles. The number of hydrogen-bond acceptors (Lipinski definition) is 3. The number of carbonyl (C=O) groups is 2. The highest BCUT2D eigenvalue weighted by atomic mass is 16.2. The molecule has 0 aromatic heterocycles. The highest BCUT2D eigenvalue weighted by molar-refractivity contribution is 5.79. The number of benzene rings is 1. The van der Waals surface area contributed by atoms with Crippen LogP contribution in [0, 0.1) is 5.92 Å². The molecule has 6 heteroatoms. The van der Waals surface area contributed by atoms with Gasteiger partial charge in [0.25, 0.3) is 0 Å². The quantitative estimate of drug-likeness (QED) is 0.819. The summed E-state index contributed by atoms with van der Waals surface area (Å²) >= 11 is 0. The Morgan fingerprint density at radius 1 is 1.18 bits per heavy atom. The molecule has 2 aliphatic heterocycles. The van der Waals surface area contributed by atoms with E-state index in [0.717, 1.165) is 39.3 Å². The maximum Gasteiger partial charge on any atom is 0.317 e. The van der Waals surface area contributed by atoms with Gasteiger partial charge in [0.15, 0.2) is 0 Å². The molecule has 1 atom stereocenters. The van der Waals surface area contributed by atoms with Gasteiger partial charge < -0.3 is 15.1 Å². The smallest absolute Gasteiger partial charge is 0.317 e. The molecule has 0 spiro atoms. The molecule has 1 aromatic rings. The van der Waals surface area contributed by atoms with Crippen LogP contribution in [0.1, 0.15) is 25.8 Å². The van der Waals surface area contributed by atoms with Crippen molar-refractivity contribution >= 4 is 18.0 Å². The third-order valence-electron chi connectivity index (χ3n) is 5.54. The van der Waals surface area contributed by atoms with Gasteiger partial charge >= 0.3 is 6.03 Å². The van der Waals surface area contributed by atoms with Gasteiger partial charge in [0, 0.05) is 64.2 Å². The van der Waals surface area contributed by atoms with E-state index in [1.807, 2.05) is 41.8 Å². The zero-order valence-electron chi connectivity index (χ0n) is 17.0. The molecule has 6 nitrogen and oxygen atoms in total. The lowest BCUT2D eigenvalue weighted by molar-refractivity contribution is -0.129. The van der Waals surface area contributed by atoms with E-state index in [9.17, 15) is 9.59 Å². The number of amides is 3. The minimum atomic E-state index is -0.00470. The van der Waals surface area contributed by atoms with Crippen molar-refractivity contribution in [2.24, 2.45) is 5.92 Å². The Labute approximate surface area is 168 Å². The second-order valence-electron chi connectivity index (χ2n) is 8.00. The number of piperazine rings is 1. The first-order chi connectivity index (χ1) is 13.5. The van der Waals surface area contributed by atoms with E-state index in [-0.39, 0.29) is 23.9 Å². The predicted molar refractivity (Wildman–Crippen MR) is 112 cm³/mol. The van der Waals surface area contributed by atoms with Crippen molar-refractivity contribution in [2.75, 3.05) is 45.8 Å². The Hall–Kier alpha value is -2.34. The van der Waals surface area contributed by atoms with E-state index in [1.165, 1.54) is 5.56 Å². The van der Waals surface area contributed by atoms with Crippen molar-refractivity contribution in [1.82, 2.24) is 20.0 Å². The lowest BCUT2D eigenvalue weighted by Gasteiger charge is -2.34. The van der Waals surface area contributed by atoms with Crippen LogP contribution in [0.15, 0.2) is 36.4 Å². The molecule has 0 radical (unpaired) electrons. The minimum absolute atomic E-state index is 0.00470. The normalized spacial score (nSPS) is 21.1. The van der Waals surface area contributed by atoms with Crippen LogP contribution < -0.4 is 5.32 Å². The number of hydrogen-bond donors (Lipinski definition) is 1. The second-order valence-corrected chi connectivity index (χ2v) is 8.00. The summed E-state index contributed by atoms with van der Waals surface area (Å²) in [6, 6.07) is 10.5. The summed E-state index contributed by atoms with van der Waals surface area (Å²) in [5.74, 6) is 0.426. The van der Waals surface area contributed by atoms with Gasteiger partial charge in [-0.3, -0.25) is 9.69 Å². The zero-order valence-corrected chi connectivity index (χ0v) is 17.0. The maximum absolute atomic E-state index is 12.4. The van der Waals surface area contributed by atoms with Crippen LogP contribution >= 0.6 is 0 Å². The fraction of sp³-hybridized carbons (Fsp3) is 0.545. The predicted octanol–water partition coefficient (Wildman–Crippen LogP) is 2.28. The topological polar surface area (TPSA) is 55.9 Å². The fourth-order valence-electron chi connectivity index (χ4n) is 3.82. The summed E-state index contributed by atoms with van der Waals surface area (Å²) < 4.78 is 0. The first kappa shape index (κ1) is 20.4. The molecule has 152 valence electrons. The Morgan fingerprint density at radius 3 is 2.54 bits per heavy atom. The molecule has 0 bridgehead atoms. The van der Waals surface area contributed by atoms with Crippen LogP contribution in [0.2, 0.25) is 0 Å². The standard InChI is InChI=1S/C22H32N4O2/c1-18(2)26-17-20(15-21(26)27)16-23-22(28)25-13-11-24(12-14-25)10-6-9-19-7-4-3-5-8-19/h3-9,18,20H,10-17H2,1-2H3,(H,23,28)/b9-6+/t20-/m1/s1. The number of nitrogens with one attached hydrogen (secondary N) is 1. The lowest BCUT2D eigenvalue weighted by atomic mass is 10.1. The van der Waals surface area contributed by atoms with Crippen LogP contribution in [-0.4, -0.2) is 78.5 Å². The lowest BCUT2D eigenvalue weighted by Crippen LogP contribution is -2.52. The third-order valence-corrected chi connectivity index (χ3v) is 5.54. The summed E-state index contributed by atoms with van der Waals surface area (Å²) in [5, 5.41) is 3.03. The Balaban J connectivity index is 1.35. The van der Waals surface area contributed by atoms with E-state index in [1.54, 1.807) is 0 Å². The molecule has 2 fully saturated rings. The van der Waals surface area contributed by atoms with Crippen LogP contribution in [0.25, 0.3) is 6.08 Å². The molecule has 3 rings (SSSR count). The van der Waals surface area contributed by atoms with E-state index >= 15 is 0 Å². The average molecular weight is 385 g/mol. The van der Waals surface area contributed by atoms with Crippen molar-refractivity contribution < 1.29 is 9.59 Å². The van der Waals surface area contributed by atoms with Gasteiger partial charge in [-0.25, -0.2) is 4.79 Å². The van der Waals surface area contributed by atoms with Crippen LogP contribution in [0.5, 0.6) is 0 Å². The number of rotatable bonds is 6. The maximum atomic E-state index is 12.4. The highest BCUT2D eigenvalue weighted by Crippen LogP contribution is 2.19. The average Bonchev–Trinajstić information content (AvgIpc) is 3.08. The minimum Gasteiger partial charge on any atom is -0.340 e. The highest BCUT2D eigenvalue weighted by Gasteiger charge is 2.31.